The lowest BCUT2D eigenvalue weighted by molar-refractivity contribution is 0.106. The van der Waals surface area contributed by atoms with Gasteiger partial charge in [-0.2, -0.15) is 0 Å². The summed E-state index contributed by atoms with van der Waals surface area (Å²) in [6.45, 7) is 0. The summed E-state index contributed by atoms with van der Waals surface area (Å²) >= 11 is 5.47. The van der Waals surface area contributed by atoms with E-state index in [9.17, 15) is 0 Å². The van der Waals surface area contributed by atoms with Crippen molar-refractivity contribution in [2.45, 2.75) is 31.4 Å². The fourth-order valence-electron chi connectivity index (χ4n) is 2.97. The maximum atomic E-state index is 5.47. The van der Waals surface area contributed by atoms with E-state index in [2.05, 4.69) is 15.6 Å². The summed E-state index contributed by atoms with van der Waals surface area (Å²) in [6.07, 6.45) is 3.61. The molecule has 102 valence electrons. The Hall–Kier alpha value is -1.33. The Kier molecular flexibility index (Phi) is 3.33. The molecule has 1 saturated carbocycles. The van der Waals surface area contributed by atoms with E-state index in [1.807, 2.05) is 12.1 Å². The van der Waals surface area contributed by atoms with Crippen molar-refractivity contribution in [2.75, 3.05) is 14.2 Å². The van der Waals surface area contributed by atoms with Gasteiger partial charge in [-0.05, 0) is 43.6 Å². The van der Waals surface area contributed by atoms with Crippen molar-refractivity contribution in [3.05, 3.63) is 23.0 Å². The second-order valence-electron chi connectivity index (χ2n) is 5.01. The van der Waals surface area contributed by atoms with E-state index in [1.165, 1.54) is 0 Å². The Morgan fingerprint density at radius 3 is 2.84 bits per heavy atom. The fourth-order valence-corrected chi connectivity index (χ4v) is 3.32. The SMILES string of the molecule is COc1ccc2c(c1)[nH]c(=S)n2C1CCC(OC)C1. The maximum Gasteiger partial charge on any atom is 0.178 e. The van der Waals surface area contributed by atoms with Crippen LogP contribution in [0.2, 0.25) is 0 Å². The Morgan fingerprint density at radius 1 is 1.32 bits per heavy atom. The van der Waals surface area contributed by atoms with Crippen molar-refractivity contribution in [3.63, 3.8) is 0 Å². The molecule has 1 heterocycles. The molecule has 0 saturated heterocycles. The van der Waals surface area contributed by atoms with Crippen LogP contribution in [0.15, 0.2) is 18.2 Å². The molecule has 2 atom stereocenters. The van der Waals surface area contributed by atoms with Gasteiger partial charge in [-0.15, -0.1) is 0 Å². The number of fused-ring (bicyclic) bond motifs is 1. The molecule has 2 aromatic rings. The van der Waals surface area contributed by atoms with Gasteiger partial charge in [0, 0.05) is 19.2 Å². The molecular weight excluding hydrogens is 260 g/mol. The molecule has 2 unspecified atom stereocenters. The molecule has 0 spiro atoms. The van der Waals surface area contributed by atoms with Crippen LogP contribution in [0.4, 0.5) is 0 Å². The smallest absolute Gasteiger partial charge is 0.178 e. The summed E-state index contributed by atoms with van der Waals surface area (Å²) < 4.78 is 13.7. The number of methoxy groups -OCH3 is 2. The lowest BCUT2D eigenvalue weighted by atomic mass is 10.2. The van der Waals surface area contributed by atoms with Crippen LogP contribution >= 0.6 is 12.2 Å². The lowest BCUT2D eigenvalue weighted by Gasteiger charge is -2.13. The van der Waals surface area contributed by atoms with Gasteiger partial charge < -0.3 is 19.0 Å². The molecule has 0 radical (unpaired) electrons. The zero-order chi connectivity index (χ0) is 13.4. The van der Waals surface area contributed by atoms with E-state index in [-0.39, 0.29) is 0 Å². The van der Waals surface area contributed by atoms with Gasteiger partial charge in [-0.1, -0.05) is 0 Å². The first-order valence-electron chi connectivity index (χ1n) is 6.54. The molecule has 1 fully saturated rings. The zero-order valence-corrected chi connectivity index (χ0v) is 12.0. The summed E-state index contributed by atoms with van der Waals surface area (Å²) in [7, 11) is 3.46. The van der Waals surface area contributed by atoms with Crippen LogP contribution in [0.1, 0.15) is 25.3 Å². The van der Waals surface area contributed by atoms with Gasteiger partial charge in [0.2, 0.25) is 0 Å². The molecule has 1 aliphatic rings. The molecule has 1 aliphatic carbocycles. The molecular formula is C14H18N2O2S. The number of hydrogen-bond acceptors (Lipinski definition) is 3. The minimum Gasteiger partial charge on any atom is -0.497 e. The van der Waals surface area contributed by atoms with Crippen LogP contribution < -0.4 is 4.74 Å². The monoisotopic (exact) mass is 278 g/mol. The highest BCUT2D eigenvalue weighted by Crippen LogP contribution is 2.34. The molecule has 0 aliphatic heterocycles. The second kappa shape index (κ2) is 4.98. The quantitative estimate of drug-likeness (QED) is 0.874. The van der Waals surface area contributed by atoms with Crippen LogP contribution in [-0.4, -0.2) is 29.9 Å². The third-order valence-corrected chi connectivity index (χ3v) is 4.28. The van der Waals surface area contributed by atoms with Gasteiger partial charge in [0.1, 0.15) is 5.75 Å². The van der Waals surface area contributed by atoms with E-state index in [4.69, 9.17) is 21.7 Å². The molecule has 0 amide bonds. The minimum absolute atomic E-state index is 0.357. The van der Waals surface area contributed by atoms with Crippen LogP contribution in [0.5, 0.6) is 5.75 Å². The predicted octanol–water partition coefficient (Wildman–Crippen LogP) is 3.45. The number of nitrogens with zero attached hydrogens (tertiary/aromatic N) is 1. The van der Waals surface area contributed by atoms with Gasteiger partial charge >= 0.3 is 0 Å². The Morgan fingerprint density at radius 2 is 2.16 bits per heavy atom. The highest BCUT2D eigenvalue weighted by atomic mass is 32.1. The normalized spacial score (nSPS) is 23.1. The van der Waals surface area contributed by atoms with Crippen LogP contribution in [-0.2, 0) is 4.74 Å². The number of aromatic nitrogens is 2. The third kappa shape index (κ3) is 2.17. The number of benzene rings is 1. The van der Waals surface area contributed by atoms with Crippen molar-refractivity contribution in [3.8, 4) is 5.75 Å². The molecule has 1 aromatic carbocycles. The molecule has 0 bridgehead atoms. The van der Waals surface area contributed by atoms with Crippen LogP contribution in [0.3, 0.4) is 0 Å². The van der Waals surface area contributed by atoms with Crippen molar-refractivity contribution in [1.29, 1.82) is 0 Å². The lowest BCUT2D eigenvalue weighted by Crippen LogP contribution is -2.08. The van der Waals surface area contributed by atoms with E-state index in [0.717, 1.165) is 40.8 Å². The molecule has 1 N–H and O–H groups in total. The van der Waals surface area contributed by atoms with Crippen LogP contribution in [0.25, 0.3) is 11.0 Å². The fraction of sp³-hybridized carbons (Fsp3) is 0.500. The highest BCUT2D eigenvalue weighted by molar-refractivity contribution is 7.71. The molecule has 5 heteroatoms. The van der Waals surface area contributed by atoms with Gasteiger partial charge in [0.15, 0.2) is 4.77 Å². The van der Waals surface area contributed by atoms with E-state index in [0.29, 0.717) is 12.1 Å². The molecule has 1 aromatic heterocycles. The average molecular weight is 278 g/mol. The molecule has 3 rings (SSSR count). The van der Waals surface area contributed by atoms with Crippen molar-refractivity contribution < 1.29 is 9.47 Å². The Labute approximate surface area is 117 Å². The summed E-state index contributed by atoms with van der Waals surface area (Å²) in [5.41, 5.74) is 2.18. The van der Waals surface area contributed by atoms with E-state index < -0.39 is 0 Å². The van der Waals surface area contributed by atoms with Gasteiger partial charge in [-0.3, -0.25) is 0 Å². The minimum atomic E-state index is 0.357. The van der Waals surface area contributed by atoms with Gasteiger partial charge in [-0.25, -0.2) is 0 Å². The van der Waals surface area contributed by atoms with Gasteiger partial charge in [0.25, 0.3) is 0 Å². The van der Waals surface area contributed by atoms with Crippen LogP contribution in [0, 0.1) is 4.77 Å². The first-order chi connectivity index (χ1) is 9.22. The van der Waals surface area contributed by atoms with Crippen molar-refractivity contribution in [2.24, 2.45) is 0 Å². The number of rotatable bonds is 3. The van der Waals surface area contributed by atoms with E-state index >= 15 is 0 Å². The second-order valence-corrected chi connectivity index (χ2v) is 5.39. The van der Waals surface area contributed by atoms with Crippen molar-refractivity contribution in [1.82, 2.24) is 9.55 Å². The summed E-state index contributed by atoms with van der Waals surface area (Å²) in [5.74, 6) is 0.845. The number of imidazole rings is 1. The number of ether oxygens (including phenoxy) is 2. The zero-order valence-electron chi connectivity index (χ0n) is 11.2. The summed E-state index contributed by atoms with van der Waals surface area (Å²) in [4.78, 5) is 3.27. The van der Waals surface area contributed by atoms with E-state index in [1.54, 1.807) is 14.2 Å². The standard InChI is InChI=1S/C14H18N2O2S/c1-17-10-4-3-9(7-10)16-13-6-5-11(18-2)8-12(13)15-14(16)19/h5-6,8-10H,3-4,7H2,1-2H3,(H,15,19). The predicted molar refractivity (Wildman–Crippen MR) is 77.4 cm³/mol. The highest BCUT2D eigenvalue weighted by Gasteiger charge is 2.27. The maximum absolute atomic E-state index is 5.47. The Balaban J connectivity index is 2.04. The Bertz CT molecular complexity index is 646. The number of aromatic amines is 1. The number of hydrogen-bond donors (Lipinski definition) is 1. The first-order valence-corrected chi connectivity index (χ1v) is 6.95. The third-order valence-electron chi connectivity index (χ3n) is 3.98. The number of nitrogens with one attached hydrogen (secondary N) is 1. The number of H-pyrrole nitrogens is 1. The largest absolute Gasteiger partial charge is 0.497 e. The van der Waals surface area contributed by atoms with Crippen molar-refractivity contribution >= 4 is 23.3 Å². The average Bonchev–Trinajstić information content (AvgIpc) is 3.00. The topological polar surface area (TPSA) is 39.2 Å². The summed E-state index contributed by atoms with van der Waals surface area (Å²) in [6, 6.07) is 6.47. The van der Waals surface area contributed by atoms with Gasteiger partial charge in [0.05, 0.1) is 24.2 Å². The molecule has 19 heavy (non-hydrogen) atoms. The molecule has 4 nitrogen and oxygen atoms in total. The summed E-state index contributed by atoms with van der Waals surface area (Å²) in [5, 5.41) is 0. The first kappa shape index (κ1) is 12.7.